The Hall–Kier alpha value is -3.97. The van der Waals surface area contributed by atoms with Crippen molar-refractivity contribution in [1.82, 2.24) is 24.8 Å². The molecule has 0 unspecified atom stereocenters. The molecule has 4 aromatic rings. The van der Waals surface area contributed by atoms with E-state index in [2.05, 4.69) is 38.0 Å². The van der Waals surface area contributed by atoms with Crippen LogP contribution in [0.25, 0.3) is 16.7 Å². The second-order valence-corrected chi connectivity index (χ2v) is 9.73. The number of hydrogen-bond acceptors (Lipinski definition) is 8. The Morgan fingerprint density at radius 3 is 2.62 bits per heavy atom. The van der Waals surface area contributed by atoms with Gasteiger partial charge in [0, 0.05) is 34.6 Å². The van der Waals surface area contributed by atoms with Crippen LogP contribution in [0.4, 0.5) is 10.9 Å². The van der Waals surface area contributed by atoms with Crippen molar-refractivity contribution in [2.24, 2.45) is 0 Å². The van der Waals surface area contributed by atoms with Crippen LogP contribution in [0.5, 0.6) is 0 Å². The van der Waals surface area contributed by atoms with Gasteiger partial charge in [-0.2, -0.15) is 5.26 Å². The monoisotopic (exact) mass is 472 g/mol. The lowest BCUT2D eigenvalue weighted by atomic mass is 9.82. The van der Waals surface area contributed by atoms with E-state index in [1.165, 1.54) is 17.7 Å². The number of nitrogens with zero attached hydrogens (tertiary/aromatic N) is 5. The highest BCUT2D eigenvalue weighted by atomic mass is 32.1. The standard InChI is InChI=1S/C24H24N8OS/c1-14-10-27-24(34-14)31-23(33)16-4-8-18(9-5-16)32-11-19(20-21(32)22(26)30-13-29-20)15-2-6-17(7-3-15)28-12-25/h4-5,8-11,13,15,17,28H,2-3,6-7H2,1H3,(H2,26,29,30)(H,27,31,33). The lowest BCUT2D eigenvalue weighted by molar-refractivity contribution is 0.102. The van der Waals surface area contributed by atoms with E-state index in [4.69, 9.17) is 11.0 Å². The number of benzene rings is 1. The summed E-state index contributed by atoms with van der Waals surface area (Å²) in [6.07, 6.45) is 11.2. The fourth-order valence-electron chi connectivity index (χ4n) is 4.60. The molecule has 0 saturated heterocycles. The van der Waals surface area contributed by atoms with Crippen molar-refractivity contribution in [3.05, 3.63) is 59.0 Å². The Morgan fingerprint density at radius 1 is 1.18 bits per heavy atom. The van der Waals surface area contributed by atoms with Crippen LogP contribution in [-0.2, 0) is 0 Å². The average Bonchev–Trinajstić information content (AvgIpc) is 3.44. The molecule has 5 rings (SSSR count). The fourth-order valence-corrected chi connectivity index (χ4v) is 5.26. The third-order valence-electron chi connectivity index (χ3n) is 6.32. The van der Waals surface area contributed by atoms with Gasteiger partial charge in [-0.3, -0.25) is 10.1 Å². The van der Waals surface area contributed by atoms with Crippen LogP contribution in [0.3, 0.4) is 0 Å². The van der Waals surface area contributed by atoms with E-state index in [0.29, 0.717) is 22.4 Å². The number of hydrogen-bond donors (Lipinski definition) is 3. The molecule has 1 amide bonds. The molecular weight excluding hydrogens is 448 g/mol. The van der Waals surface area contributed by atoms with Gasteiger partial charge >= 0.3 is 0 Å². The zero-order valence-corrected chi connectivity index (χ0v) is 19.5. The average molecular weight is 473 g/mol. The molecule has 0 spiro atoms. The SMILES string of the molecule is Cc1cnc(NC(=O)c2ccc(-n3cc(C4CCC(NC#N)CC4)c4ncnc(N)c43)cc2)s1. The Kier molecular flexibility index (Phi) is 5.86. The molecule has 0 aliphatic heterocycles. The summed E-state index contributed by atoms with van der Waals surface area (Å²) < 4.78 is 2.01. The number of rotatable bonds is 5. The van der Waals surface area contributed by atoms with Crippen LogP contribution in [0.1, 0.15) is 52.4 Å². The lowest BCUT2D eigenvalue weighted by Gasteiger charge is -2.27. The first-order valence-electron chi connectivity index (χ1n) is 11.1. The number of nitrogen functional groups attached to an aromatic ring is 1. The number of amides is 1. The van der Waals surface area contributed by atoms with Crippen molar-refractivity contribution in [3.63, 3.8) is 0 Å². The summed E-state index contributed by atoms with van der Waals surface area (Å²) in [6, 6.07) is 7.60. The first-order valence-corrected chi connectivity index (χ1v) is 12.0. The molecule has 4 N–H and O–H groups in total. The van der Waals surface area contributed by atoms with Gasteiger partial charge in [0.05, 0.1) is 5.52 Å². The Bertz CT molecular complexity index is 1380. The molecule has 34 heavy (non-hydrogen) atoms. The molecule has 1 aliphatic carbocycles. The summed E-state index contributed by atoms with van der Waals surface area (Å²) in [5.41, 5.74) is 10.5. The van der Waals surface area contributed by atoms with Gasteiger partial charge in [0.1, 0.15) is 11.8 Å². The van der Waals surface area contributed by atoms with Gasteiger partial charge in [-0.1, -0.05) is 0 Å². The summed E-state index contributed by atoms with van der Waals surface area (Å²) in [7, 11) is 0. The van der Waals surface area contributed by atoms with Gasteiger partial charge in [0.15, 0.2) is 17.1 Å². The van der Waals surface area contributed by atoms with E-state index in [9.17, 15) is 4.79 Å². The first kappa shape index (κ1) is 21.9. The lowest BCUT2D eigenvalue weighted by Crippen LogP contribution is -2.29. The molecule has 172 valence electrons. The van der Waals surface area contributed by atoms with Crippen molar-refractivity contribution in [2.45, 2.75) is 44.6 Å². The zero-order valence-electron chi connectivity index (χ0n) is 18.7. The van der Waals surface area contributed by atoms with E-state index >= 15 is 0 Å². The number of nitrogens with two attached hydrogens (primary N) is 1. The highest BCUT2D eigenvalue weighted by molar-refractivity contribution is 7.15. The van der Waals surface area contributed by atoms with E-state index in [-0.39, 0.29) is 11.9 Å². The molecule has 0 atom stereocenters. The molecular formula is C24H24N8OS. The molecule has 9 nitrogen and oxygen atoms in total. The quantitative estimate of drug-likeness (QED) is 0.294. The minimum Gasteiger partial charge on any atom is -0.382 e. The maximum atomic E-state index is 12.6. The summed E-state index contributed by atoms with van der Waals surface area (Å²) in [5.74, 6) is 0.545. The molecule has 10 heteroatoms. The maximum absolute atomic E-state index is 12.6. The van der Waals surface area contributed by atoms with Gasteiger partial charge < -0.3 is 15.6 Å². The number of nitrogens with one attached hydrogen (secondary N) is 2. The van der Waals surface area contributed by atoms with Crippen molar-refractivity contribution < 1.29 is 4.79 Å². The molecule has 3 heterocycles. The smallest absolute Gasteiger partial charge is 0.257 e. The summed E-state index contributed by atoms with van der Waals surface area (Å²) in [4.78, 5) is 26.6. The van der Waals surface area contributed by atoms with Gasteiger partial charge in [-0.25, -0.2) is 15.0 Å². The highest BCUT2D eigenvalue weighted by Gasteiger charge is 2.26. The fraction of sp³-hybridized carbons (Fsp3) is 0.292. The first-order chi connectivity index (χ1) is 16.5. The predicted octanol–water partition coefficient (Wildman–Crippen LogP) is 4.12. The van der Waals surface area contributed by atoms with E-state index in [0.717, 1.165) is 52.8 Å². The van der Waals surface area contributed by atoms with Crippen molar-refractivity contribution in [2.75, 3.05) is 11.1 Å². The number of thiazole rings is 1. The second kappa shape index (κ2) is 9.11. The molecule has 1 aromatic carbocycles. The van der Waals surface area contributed by atoms with Gasteiger partial charge in [-0.05, 0) is 68.4 Å². The van der Waals surface area contributed by atoms with E-state index < -0.39 is 0 Å². The van der Waals surface area contributed by atoms with Crippen molar-refractivity contribution in [3.8, 4) is 11.9 Å². The molecule has 1 fully saturated rings. The largest absolute Gasteiger partial charge is 0.382 e. The summed E-state index contributed by atoms with van der Waals surface area (Å²) >= 11 is 1.44. The van der Waals surface area contributed by atoms with Gasteiger partial charge in [-0.15, -0.1) is 11.3 Å². The van der Waals surface area contributed by atoms with Crippen LogP contribution in [0.15, 0.2) is 43.0 Å². The molecule has 1 saturated carbocycles. The Labute approximate surface area is 200 Å². The molecule has 0 bridgehead atoms. The van der Waals surface area contributed by atoms with Crippen LogP contribution in [0, 0.1) is 18.4 Å². The number of carbonyl (C=O) groups is 1. The third-order valence-corrected chi connectivity index (χ3v) is 7.15. The Morgan fingerprint density at radius 2 is 1.94 bits per heavy atom. The normalized spacial score (nSPS) is 17.9. The van der Waals surface area contributed by atoms with Gasteiger partial charge in [0.2, 0.25) is 0 Å². The number of aryl methyl sites for hydroxylation is 1. The van der Waals surface area contributed by atoms with Crippen LogP contribution in [-0.4, -0.2) is 31.5 Å². The van der Waals surface area contributed by atoms with E-state index in [1.54, 1.807) is 18.3 Å². The number of nitriles is 1. The molecule has 3 aromatic heterocycles. The molecule has 0 radical (unpaired) electrons. The third kappa shape index (κ3) is 4.18. The molecule has 1 aliphatic rings. The van der Waals surface area contributed by atoms with Crippen molar-refractivity contribution in [1.29, 1.82) is 5.26 Å². The number of carbonyl (C=O) groups excluding carboxylic acids is 1. The van der Waals surface area contributed by atoms with Crippen LogP contribution >= 0.6 is 11.3 Å². The highest BCUT2D eigenvalue weighted by Crippen LogP contribution is 2.38. The number of aromatic nitrogens is 4. The second-order valence-electron chi connectivity index (χ2n) is 8.49. The summed E-state index contributed by atoms with van der Waals surface area (Å²) in [5, 5.41) is 15.2. The van der Waals surface area contributed by atoms with Crippen LogP contribution < -0.4 is 16.4 Å². The van der Waals surface area contributed by atoms with Gasteiger partial charge in [0.25, 0.3) is 5.91 Å². The zero-order chi connectivity index (χ0) is 23.7. The minimum atomic E-state index is -0.204. The maximum Gasteiger partial charge on any atom is 0.257 e. The minimum absolute atomic E-state index is 0.204. The predicted molar refractivity (Wildman–Crippen MR) is 132 cm³/mol. The number of fused-ring (bicyclic) bond motifs is 1. The summed E-state index contributed by atoms with van der Waals surface area (Å²) in [6.45, 7) is 1.95. The topological polar surface area (TPSA) is 135 Å². The van der Waals surface area contributed by atoms with Crippen molar-refractivity contribution >= 4 is 39.2 Å². The van der Waals surface area contributed by atoms with E-state index in [1.807, 2.05) is 23.6 Å². The Balaban J connectivity index is 1.43. The van der Waals surface area contributed by atoms with Crippen LogP contribution in [0.2, 0.25) is 0 Å². The number of anilines is 2.